The molecule has 0 aromatic heterocycles. The molecule has 80 valence electrons. The van der Waals surface area contributed by atoms with Gasteiger partial charge in [-0.05, 0) is 31.1 Å². The number of hydrogen-bond acceptors (Lipinski definition) is 1. The minimum absolute atomic E-state index is 0.159. The summed E-state index contributed by atoms with van der Waals surface area (Å²) in [7, 11) is 0. The third kappa shape index (κ3) is 2.20. The van der Waals surface area contributed by atoms with Crippen LogP contribution in [0, 0.1) is 11.8 Å². The van der Waals surface area contributed by atoms with Crippen LogP contribution in [0.3, 0.4) is 0 Å². The molecule has 2 fully saturated rings. The monoisotopic (exact) mass is 196 g/mol. The van der Waals surface area contributed by atoms with E-state index in [1.54, 1.807) is 0 Å². The van der Waals surface area contributed by atoms with E-state index in [0.29, 0.717) is 12.0 Å². The van der Waals surface area contributed by atoms with Gasteiger partial charge in [0.15, 0.2) is 0 Å². The molecule has 3 nitrogen and oxygen atoms in total. The van der Waals surface area contributed by atoms with Crippen molar-refractivity contribution in [1.29, 1.82) is 0 Å². The summed E-state index contributed by atoms with van der Waals surface area (Å²) in [5.41, 5.74) is 0. The maximum Gasteiger partial charge on any atom is 0.317 e. The van der Waals surface area contributed by atoms with E-state index >= 15 is 0 Å². The Kier molecular flexibility index (Phi) is 2.66. The molecule has 2 atom stereocenters. The van der Waals surface area contributed by atoms with Crippen LogP contribution in [0.1, 0.15) is 33.1 Å². The summed E-state index contributed by atoms with van der Waals surface area (Å²) >= 11 is 0. The van der Waals surface area contributed by atoms with Crippen molar-refractivity contribution in [2.24, 2.45) is 11.8 Å². The summed E-state index contributed by atoms with van der Waals surface area (Å²) in [6, 6.07) is 0.619. The number of piperidine rings is 1. The molecule has 1 aliphatic heterocycles. The average Bonchev–Trinajstić information content (AvgIpc) is 2.82. The summed E-state index contributed by atoms with van der Waals surface area (Å²) in [6.45, 7) is 6.32. The number of carbonyl (C=O) groups is 1. The van der Waals surface area contributed by atoms with Crippen LogP contribution in [0.4, 0.5) is 4.79 Å². The lowest BCUT2D eigenvalue weighted by atomic mass is 10.00. The maximum atomic E-state index is 11.7. The van der Waals surface area contributed by atoms with E-state index < -0.39 is 0 Å². The van der Waals surface area contributed by atoms with E-state index in [1.165, 1.54) is 0 Å². The lowest BCUT2D eigenvalue weighted by Gasteiger charge is -2.30. The second-order valence-corrected chi connectivity index (χ2v) is 4.94. The largest absolute Gasteiger partial charge is 0.335 e. The standard InChI is InChI=1S/C11H20N2O/c1-8-3-5-13(6-4-8)11(14)12-10-7-9(10)2/h8-10H,3-7H2,1-2H3,(H,12,14). The lowest BCUT2D eigenvalue weighted by molar-refractivity contribution is 0.173. The highest BCUT2D eigenvalue weighted by atomic mass is 16.2. The number of nitrogens with zero attached hydrogens (tertiary/aromatic N) is 1. The van der Waals surface area contributed by atoms with Gasteiger partial charge in [-0.15, -0.1) is 0 Å². The number of amides is 2. The van der Waals surface area contributed by atoms with Crippen molar-refractivity contribution in [3.05, 3.63) is 0 Å². The predicted molar refractivity (Wildman–Crippen MR) is 56.1 cm³/mol. The quantitative estimate of drug-likeness (QED) is 0.682. The fraction of sp³-hybridized carbons (Fsp3) is 0.909. The molecule has 1 aliphatic carbocycles. The molecular formula is C11H20N2O. The summed E-state index contributed by atoms with van der Waals surface area (Å²) in [5.74, 6) is 1.49. The second kappa shape index (κ2) is 3.79. The van der Waals surface area contributed by atoms with E-state index in [9.17, 15) is 4.79 Å². The highest BCUT2D eigenvalue weighted by Gasteiger charge is 2.35. The first-order valence-corrected chi connectivity index (χ1v) is 5.72. The minimum Gasteiger partial charge on any atom is -0.335 e. The van der Waals surface area contributed by atoms with Gasteiger partial charge >= 0.3 is 6.03 Å². The molecule has 0 radical (unpaired) electrons. The number of carbonyl (C=O) groups excluding carboxylic acids is 1. The van der Waals surface area contributed by atoms with E-state index in [1.807, 2.05) is 4.90 Å². The summed E-state index contributed by atoms with van der Waals surface area (Å²) in [5, 5.41) is 3.08. The second-order valence-electron chi connectivity index (χ2n) is 4.94. The van der Waals surface area contributed by atoms with Gasteiger partial charge in [0.05, 0.1) is 0 Å². The fourth-order valence-electron chi connectivity index (χ4n) is 1.98. The minimum atomic E-state index is 0.159. The molecule has 2 amide bonds. The van der Waals surface area contributed by atoms with Crippen LogP contribution in [-0.4, -0.2) is 30.1 Å². The molecule has 0 bridgehead atoms. The zero-order valence-electron chi connectivity index (χ0n) is 9.12. The zero-order valence-corrected chi connectivity index (χ0v) is 9.12. The molecule has 0 aromatic rings. The molecule has 3 heteroatoms. The molecule has 2 unspecified atom stereocenters. The molecule has 1 saturated heterocycles. The van der Waals surface area contributed by atoms with Crippen LogP contribution >= 0.6 is 0 Å². The maximum absolute atomic E-state index is 11.7. The average molecular weight is 196 g/mol. The van der Waals surface area contributed by atoms with E-state index in [0.717, 1.165) is 38.3 Å². The van der Waals surface area contributed by atoms with Gasteiger partial charge in [0.1, 0.15) is 0 Å². The lowest BCUT2D eigenvalue weighted by Crippen LogP contribution is -2.45. The van der Waals surface area contributed by atoms with Crippen molar-refractivity contribution >= 4 is 6.03 Å². The Bertz CT molecular complexity index is 221. The topological polar surface area (TPSA) is 32.3 Å². The van der Waals surface area contributed by atoms with E-state index in [4.69, 9.17) is 0 Å². The summed E-state index contributed by atoms with van der Waals surface area (Å²) in [6.07, 6.45) is 3.48. The van der Waals surface area contributed by atoms with Crippen LogP contribution in [0.15, 0.2) is 0 Å². The van der Waals surface area contributed by atoms with E-state index in [2.05, 4.69) is 19.2 Å². The van der Waals surface area contributed by atoms with Crippen LogP contribution in [0.2, 0.25) is 0 Å². The molecule has 0 spiro atoms. The molecule has 2 aliphatic rings. The first-order valence-electron chi connectivity index (χ1n) is 5.72. The molecule has 1 heterocycles. The highest BCUT2D eigenvalue weighted by molar-refractivity contribution is 5.75. The molecule has 1 saturated carbocycles. The molecule has 1 N–H and O–H groups in total. The van der Waals surface area contributed by atoms with Crippen molar-refractivity contribution in [3.63, 3.8) is 0 Å². The molecule has 14 heavy (non-hydrogen) atoms. The van der Waals surface area contributed by atoms with Gasteiger partial charge < -0.3 is 10.2 Å². The number of likely N-dealkylation sites (tertiary alicyclic amines) is 1. The Hall–Kier alpha value is -0.730. The Labute approximate surface area is 85.8 Å². The van der Waals surface area contributed by atoms with Crippen molar-refractivity contribution in [2.45, 2.75) is 39.2 Å². The number of rotatable bonds is 1. The number of nitrogens with one attached hydrogen (secondary N) is 1. The van der Waals surface area contributed by atoms with Gasteiger partial charge in [0.25, 0.3) is 0 Å². The van der Waals surface area contributed by atoms with Gasteiger partial charge in [0, 0.05) is 19.1 Å². The number of hydrogen-bond donors (Lipinski definition) is 1. The molecule has 0 aromatic carbocycles. The third-order valence-electron chi connectivity index (χ3n) is 3.49. The van der Waals surface area contributed by atoms with Crippen LogP contribution in [0.25, 0.3) is 0 Å². The Balaban J connectivity index is 1.74. The van der Waals surface area contributed by atoms with Gasteiger partial charge in [-0.2, -0.15) is 0 Å². The van der Waals surface area contributed by atoms with Crippen molar-refractivity contribution in [2.75, 3.05) is 13.1 Å². The van der Waals surface area contributed by atoms with Crippen molar-refractivity contribution < 1.29 is 4.79 Å². The molecular weight excluding hydrogens is 176 g/mol. The Morgan fingerprint density at radius 3 is 2.36 bits per heavy atom. The van der Waals surface area contributed by atoms with Gasteiger partial charge in [0.2, 0.25) is 0 Å². The van der Waals surface area contributed by atoms with Crippen LogP contribution in [0.5, 0.6) is 0 Å². The third-order valence-corrected chi connectivity index (χ3v) is 3.49. The highest BCUT2D eigenvalue weighted by Crippen LogP contribution is 2.29. The first-order chi connectivity index (χ1) is 6.66. The summed E-state index contributed by atoms with van der Waals surface area (Å²) in [4.78, 5) is 13.7. The fourth-order valence-corrected chi connectivity index (χ4v) is 1.98. The molecule has 2 rings (SSSR count). The first kappa shape index (κ1) is 9.81. The smallest absolute Gasteiger partial charge is 0.317 e. The predicted octanol–water partition coefficient (Wildman–Crippen LogP) is 1.84. The van der Waals surface area contributed by atoms with Gasteiger partial charge in [-0.1, -0.05) is 13.8 Å². The van der Waals surface area contributed by atoms with Crippen molar-refractivity contribution in [1.82, 2.24) is 10.2 Å². The van der Waals surface area contributed by atoms with E-state index in [-0.39, 0.29) is 6.03 Å². The Morgan fingerprint density at radius 2 is 1.86 bits per heavy atom. The summed E-state index contributed by atoms with van der Waals surface area (Å²) < 4.78 is 0. The normalized spacial score (nSPS) is 32.9. The van der Waals surface area contributed by atoms with Gasteiger partial charge in [-0.3, -0.25) is 0 Å². The zero-order chi connectivity index (χ0) is 10.1. The SMILES string of the molecule is CC1CCN(C(=O)NC2CC2C)CC1. The Morgan fingerprint density at radius 1 is 1.29 bits per heavy atom. The van der Waals surface area contributed by atoms with Crippen LogP contribution < -0.4 is 5.32 Å². The van der Waals surface area contributed by atoms with Gasteiger partial charge in [-0.25, -0.2) is 4.79 Å². The van der Waals surface area contributed by atoms with Crippen LogP contribution in [-0.2, 0) is 0 Å². The number of urea groups is 1. The van der Waals surface area contributed by atoms with Crippen molar-refractivity contribution in [3.8, 4) is 0 Å².